The molecule has 0 saturated heterocycles. The summed E-state index contributed by atoms with van der Waals surface area (Å²) in [4.78, 5) is 7.24. The Bertz CT molecular complexity index is 3120. The zero-order valence-electron chi connectivity index (χ0n) is 35.1. The molecule has 0 aliphatic heterocycles. The van der Waals surface area contributed by atoms with Crippen molar-refractivity contribution in [3.05, 3.63) is 261 Å². The highest BCUT2D eigenvalue weighted by Gasteiger charge is 2.26. The second kappa shape index (κ2) is 17.3. The maximum atomic E-state index is 2.43. The first-order valence-electron chi connectivity index (χ1n) is 21.7. The lowest BCUT2D eigenvalue weighted by Crippen LogP contribution is -2.14. The van der Waals surface area contributed by atoms with Crippen molar-refractivity contribution in [3.8, 4) is 22.3 Å². The van der Waals surface area contributed by atoms with Crippen molar-refractivity contribution in [2.45, 2.75) is 0 Å². The van der Waals surface area contributed by atoms with Crippen LogP contribution >= 0.6 is 11.3 Å². The van der Waals surface area contributed by atoms with Crippen LogP contribution in [0.2, 0.25) is 0 Å². The standard InChI is InChI=1S/C60H43N3S/c1-7-20-44(21-8-1)46-34-38-52(39-35-46)61(53-40-36-47(37-41-53)45-22-9-2-10-23-45)54-42-56(63(50-28-15-5-16-29-50)51-30-17-6-18-31-51)60-58(43-54)64-57-33-19-32-55(59(57)60)62(48-24-11-3-12-25-48)49-26-13-4-14-27-49/h1-43H. The van der Waals surface area contributed by atoms with Crippen LogP contribution in [0.3, 0.4) is 0 Å². The van der Waals surface area contributed by atoms with Gasteiger partial charge in [0.05, 0.1) is 11.4 Å². The number of nitrogens with zero attached hydrogens (tertiary/aromatic N) is 3. The van der Waals surface area contributed by atoms with E-state index in [0.29, 0.717) is 0 Å². The summed E-state index contributed by atoms with van der Waals surface area (Å²) in [6.45, 7) is 0. The van der Waals surface area contributed by atoms with E-state index in [-0.39, 0.29) is 0 Å². The maximum Gasteiger partial charge on any atom is 0.0576 e. The fourth-order valence-electron chi connectivity index (χ4n) is 8.86. The highest BCUT2D eigenvalue weighted by molar-refractivity contribution is 7.26. The molecule has 1 heterocycles. The molecule has 0 aliphatic rings. The lowest BCUT2D eigenvalue weighted by molar-refractivity contribution is 1.26. The van der Waals surface area contributed by atoms with Gasteiger partial charge in [-0.2, -0.15) is 0 Å². The van der Waals surface area contributed by atoms with Gasteiger partial charge in [0.15, 0.2) is 0 Å². The summed E-state index contributed by atoms with van der Waals surface area (Å²) in [5.41, 5.74) is 14.5. The van der Waals surface area contributed by atoms with Crippen LogP contribution in [0.25, 0.3) is 42.4 Å². The first-order valence-corrected chi connectivity index (χ1v) is 22.5. The summed E-state index contributed by atoms with van der Waals surface area (Å²) in [6, 6.07) is 93.7. The summed E-state index contributed by atoms with van der Waals surface area (Å²) in [5, 5.41) is 2.40. The smallest absolute Gasteiger partial charge is 0.0576 e. The molecular formula is C60H43N3S. The second-order valence-corrected chi connectivity index (χ2v) is 16.8. The molecule has 0 amide bonds. The number of thiophene rings is 1. The van der Waals surface area contributed by atoms with Gasteiger partial charge < -0.3 is 14.7 Å². The van der Waals surface area contributed by atoms with Crippen LogP contribution in [0, 0.1) is 0 Å². The Balaban J connectivity index is 1.19. The number of rotatable bonds is 11. The molecule has 0 fully saturated rings. The molecule has 0 unspecified atom stereocenters. The van der Waals surface area contributed by atoms with Gasteiger partial charge in [-0.25, -0.2) is 0 Å². The average Bonchev–Trinajstić information content (AvgIpc) is 3.76. The second-order valence-electron chi connectivity index (χ2n) is 15.8. The minimum atomic E-state index is 1.07. The molecular weight excluding hydrogens is 795 g/mol. The van der Waals surface area contributed by atoms with Crippen molar-refractivity contribution < 1.29 is 0 Å². The topological polar surface area (TPSA) is 9.72 Å². The Morgan fingerprint density at radius 2 is 0.562 bits per heavy atom. The molecule has 0 radical (unpaired) electrons. The quantitative estimate of drug-likeness (QED) is 0.128. The predicted molar refractivity (Wildman–Crippen MR) is 274 cm³/mol. The van der Waals surface area contributed by atoms with E-state index in [1.54, 1.807) is 0 Å². The Morgan fingerprint density at radius 1 is 0.219 bits per heavy atom. The van der Waals surface area contributed by atoms with Gasteiger partial charge in [0.2, 0.25) is 0 Å². The van der Waals surface area contributed by atoms with Gasteiger partial charge in [0.1, 0.15) is 0 Å². The fourth-order valence-corrected chi connectivity index (χ4v) is 10.0. The highest BCUT2D eigenvalue weighted by atomic mass is 32.1. The summed E-state index contributed by atoms with van der Waals surface area (Å²) in [5.74, 6) is 0. The Morgan fingerprint density at radius 3 is 0.984 bits per heavy atom. The van der Waals surface area contributed by atoms with Gasteiger partial charge in [0.25, 0.3) is 0 Å². The van der Waals surface area contributed by atoms with Crippen molar-refractivity contribution >= 4 is 82.7 Å². The van der Waals surface area contributed by atoms with Crippen LogP contribution < -0.4 is 14.7 Å². The predicted octanol–water partition coefficient (Wildman–Crippen LogP) is 17.8. The van der Waals surface area contributed by atoms with E-state index in [2.05, 4.69) is 276 Å². The molecule has 0 atom stereocenters. The van der Waals surface area contributed by atoms with E-state index in [1.807, 2.05) is 11.3 Å². The van der Waals surface area contributed by atoms with E-state index >= 15 is 0 Å². The van der Waals surface area contributed by atoms with Gasteiger partial charge in [-0.15, -0.1) is 11.3 Å². The van der Waals surface area contributed by atoms with Crippen molar-refractivity contribution in [2.24, 2.45) is 0 Å². The molecule has 3 nitrogen and oxygen atoms in total. The van der Waals surface area contributed by atoms with Crippen LogP contribution in [0.1, 0.15) is 0 Å². The van der Waals surface area contributed by atoms with Gasteiger partial charge in [-0.05, 0) is 119 Å². The van der Waals surface area contributed by atoms with Crippen molar-refractivity contribution in [1.29, 1.82) is 0 Å². The summed E-state index contributed by atoms with van der Waals surface area (Å²) in [6.07, 6.45) is 0. The number of hydrogen-bond donors (Lipinski definition) is 0. The third kappa shape index (κ3) is 7.47. The van der Waals surface area contributed by atoms with E-state index in [9.17, 15) is 0 Å². The van der Waals surface area contributed by atoms with Crippen molar-refractivity contribution in [2.75, 3.05) is 14.7 Å². The van der Waals surface area contributed by atoms with E-state index in [0.717, 1.165) is 51.2 Å². The van der Waals surface area contributed by atoms with Crippen LogP contribution in [0.15, 0.2) is 261 Å². The van der Waals surface area contributed by atoms with Crippen molar-refractivity contribution in [3.63, 3.8) is 0 Å². The highest BCUT2D eigenvalue weighted by Crippen LogP contribution is 2.52. The summed E-state index contributed by atoms with van der Waals surface area (Å²) >= 11 is 1.85. The zero-order chi connectivity index (χ0) is 42.7. The molecule has 11 rings (SSSR count). The molecule has 0 saturated carbocycles. The molecule has 4 heteroatoms. The van der Waals surface area contributed by atoms with Crippen LogP contribution in [0.5, 0.6) is 0 Å². The number of para-hydroxylation sites is 4. The number of benzene rings is 10. The monoisotopic (exact) mass is 837 g/mol. The minimum Gasteiger partial charge on any atom is -0.310 e. The van der Waals surface area contributed by atoms with Crippen molar-refractivity contribution in [1.82, 2.24) is 0 Å². The SMILES string of the molecule is c1ccc(-c2ccc(N(c3ccc(-c4ccccc4)cc3)c3cc(N(c4ccccc4)c4ccccc4)c4c(c3)sc3cccc(N(c5ccccc5)c5ccccc5)c34)cc2)cc1. The number of hydrogen-bond acceptors (Lipinski definition) is 4. The van der Waals surface area contributed by atoms with Gasteiger partial charge in [-0.3, -0.25) is 0 Å². The molecule has 1 aromatic heterocycles. The lowest BCUT2D eigenvalue weighted by atomic mass is 10.0. The Labute approximate surface area is 378 Å². The summed E-state index contributed by atoms with van der Waals surface area (Å²) in [7, 11) is 0. The molecule has 64 heavy (non-hydrogen) atoms. The molecule has 11 aromatic rings. The lowest BCUT2D eigenvalue weighted by Gasteiger charge is -2.31. The molecule has 0 spiro atoms. The first-order chi connectivity index (χ1) is 31.8. The van der Waals surface area contributed by atoms with Gasteiger partial charge >= 0.3 is 0 Å². The largest absolute Gasteiger partial charge is 0.310 e. The number of anilines is 9. The number of fused-ring (bicyclic) bond motifs is 3. The normalized spacial score (nSPS) is 11.1. The van der Waals surface area contributed by atoms with Gasteiger partial charge in [-0.1, -0.05) is 164 Å². The molecule has 0 aliphatic carbocycles. The summed E-state index contributed by atoms with van der Waals surface area (Å²) < 4.78 is 2.41. The third-order valence-corrected chi connectivity index (χ3v) is 12.9. The van der Waals surface area contributed by atoms with Crippen LogP contribution in [-0.4, -0.2) is 0 Å². The average molecular weight is 838 g/mol. The molecule has 10 aromatic carbocycles. The van der Waals surface area contributed by atoms with Crippen LogP contribution in [0.4, 0.5) is 51.2 Å². The van der Waals surface area contributed by atoms with E-state index in [4.69, 9.17) is 0 Å². The molecule has 0 bridgehead atoms. The first kappa shape index (κ1) is 38.7. The maximum absolute atomic E-state index is 2.43. The van der Waals surface area contributed by atoms with E-state index < -0.39 is 0 Å². The third-order valence-electron chi connectivity index (χ3n) is 11.8. The molecule has 304 valence electrons. The Kier molecular flexibility index (Phi) is 10.5. The van der Waals surface area contributed by atoms with E-state index in [1.165, 1.54) is 42.4 Å². The minimum absolute atomic E-state index is 1.07. The zero-order valence-corrected chi connectivity index (χ0v) is 35.9. The van der Waals surface area contributed by atoms with Gasteiger partial charge in [0, 0.05) is 60.0 Å². The molecule has 0 N–H and O–H groups in total. The fraction of sp³-hybridized carbons (Fsp3) is 0. The Hall–Kier alpha value is -8.18. The van der Waals surface area contributed by atoms with Crippen LogP contribution in [-0.2, 0) is 0 Å².